The van der Waals surface area contributed by atoms with E-state index in [0.717, 1.165) is 12.8 Å². The van der Waals surface area contributed by atoms with Crippen molar-refractivity contribution >= 4 is 23.2 Å². The summed E-state index contributed by atoms with van der Waals surface area (Å²) in [6.07, 6.45) is 5.36. The second-order valence-electron chi connectivity index (χ2n) is 6.30. The molecule has 4 heteroatoms. The summed E-state index contributed by atoms with van der Waals surface area (Å²) in [4.78, 5) is 24.3. The minimum Gasteiger partial charge on any atom is -0.326 e. The van der Waals surface area contributed by atoms with Crippen LogP contribution in [-0.2, 0) is 4.79 Å². The monoisotopic (exact) mass is 322 g/mol. The predicted molar refractivity (Wildman–Crippen MR) is 96.0 cm³/mol. The largest absolute Gasteiger partial charge is 0.326 e. The first-order chi connectivity index (χ1) is 11.7. The van der Waals surface area contributed by atoms with Crippen molar-refractivity contribution in [2.45, 2.75) is 32.1 Å². The van der Waals surface area contributed by atoms with Crippen molar-refractivity contribution < 1.29 is 9.59 Å². The number of benzene rings is 2. The van der Waals surface area contributed by atoms with Crippen LogP contribution in [0.5, 0.6) is 0 Å². The third kappa shape index (κ3) is 4.44. The molecule has 2 aromatic rings. The van der Waals surface area contributed by atoms with Gasteiger partial charge in [-0.2, -0.15) is 0 Å². The molecule has 2 aromatic carbocycles. The summed E-state index contributed by atoms with van der Waals surface area (Å²) < 4.78 is 0. The Morgan fingerprint density at radius 1 is 0.875 bits per heavy atom. The maximum absolute atomic E-state index is 12.2. The number of hydrogen-bond donors (Lipinski definition) is 2. The quantitative estimate of drug-likeness (QED) is 0.854. The second kappa shape index (κ2) is 7.77. The van der Waals surface area contributed by atoms with Crippen molar-refractivity contribution in [2.24, 2.45) is 5.92 Å². The van der Waals surface area contributed by atoms with Crippen LogP contribution >= 0.6 is 0 Å². The van der Waals surface area contributed by atoms with Gasteiger partial charge in [0.1, 0.15) is 0 Å². The highest BCUT2D eigenvalue weighted by atomic mass is 16.2. The average Bonchev–Trinajstić information content (AvgIpc) is 3.08. The molecule has 0 heterocycles. The number of nitrogens with one attached hydrogen (secondary N) is 2. The molecule has 0 unspecified atom stereocenters. The SMILES string of the molecule is O=C(CC1CCCC1)Nc1cccc(NC(=O)c2ccccc2)c1. The minimum absolute atomic E-state index is 0.0495. The van der Waals surface area contributed by atoms with Crippen LogP contribution in [0.3, 0.4) is 0 Å². The fourth-order valence-electron chi connectivity index (χ4n) is 3.16. The Bertz CT molecular complexity index is 707. The van der Waals surface area contributed by atoms with Gasteiger partial charge in [0.2, 0.25) is 5.91 Å². The fourth-order valence-corrected chi connectivity index (χ4v) is 3.16. The number of hydrogen-bond acceptors (Lipinski definition) is 2. The van der Waals surface area contributed by atoms with E-state index in [1.807, 2.05) is 36.4 Å². The minimum atomic E-state index is -0.162. The molecule has 3 rings (SSSR count). The second-order valence-corrected chi connectivity index (χ2v) is 6.30. The highest BCUT2D eigenvalue weighted by Crippen LogP contribution is 2.28. The maximum Gasteiger partial charge on any atom is 0.255 e. The summed E-state index contributed by atoms with van der Waals surface area (Å²) in [6.45, 7) is 0. The molecule has 0 aromatic heterocycles. The third-order valence-corrected chi connectivity index (χ3v) is 4.39. The zero-order valence-electron chi connectivity index (χ0n) is 13.6. The summed E-state index contributed by atoms with van der Waals surface area (Å²) in [7, 11) is 0. The number of amides is 2. The van der Waals surface area contributed by atoms with E-state index < -0.39 is 0 Å². The van der Waals surface area contributed by atoms with E-state index >= 15 is 0 Å². The Balaban J connectivity index is 1.59. The van der Waals surface area contributed by atoms with Gasteiger partial charge >= 0.3 is 0 Å². The molecule has 1 aliphatic carbocycles. The summed E-state index contributed by atoms with van der Waals surface area (Å²) in [5.41, 5.74) is 1.99. The van der Waals surface area contributed by atoms with E-state index in [2.05, 4.69) is 10.6 Å². The van der Waals surface area contributed by atoms with Gasteiger partial charge in [-0.05, 0) is 49.1 Å². The maximum atomic E-state index is 12.2. The van der Waals surface area contributed by atoms with Crippen molar-refractivity contribution in [3.63, 3.8) is 0 Å². The summed E-state index contributed by atoms with van der Waals surface area (Å²) in [5.74, 6) is 0.407. The molecule has 24 heavy (non-hydrogen) atoms. The smallest absolute Gasteiger partial charge is 0.255 e. The van der Waals surface area contributed by atoms with Crippen LogP contribution in [0.2, 0.25) is 0 Å². The summed E-state index contributed by atoms with van der Waals surface area (Å²) in [6, 6.07) is 16.3. The fraction of sp³-hybridized carbons (Fsp3) is 0.300. The predicted octanol–water partition coefficient (Wildman–Crippen LogP) is 4.46. The van der Waals surface area contributed by atoms with Crippen LogP contribution in [0.15, 0.2) is 54.6 Å². The molecular formula is C20H22N2O2. The van der Waals surface area contributed by atoms with Crippen molar-refractivity contribution in [3.05, 3.63) is 60.2 Å². The molecule has 0 aliphatic heterocycles. The standard InChI is InChI=1S/C20H22N2O2/c23-19(13-15-7-4-5-8-15)21-17-11-6-12-18(14-17)22-20(24)16-9-2-1-3-10-16/h1-3,6,9-12,14-15H,4-5,7-8,13H2,(H,21,23)(H,22,24). The van der Waals surface area contributed by atoms with Crippen LogP contribution in [0.25, 0.3) is 0 Å². The number of carbonyl (C=O) groups excluding carboxylic acids is 2. The van der Waals surface area contributed by atoms with Crippen molar-refractivity contribution in [2.75, 3.05) is 10.6 Å². The van der Waals surface area contributed by atoms with Crippen molar-refractivity contribution in [1.29, 1.82) is 0 Å². The lowest BCUT2D eigenvalue weighted by Gasteiger charge is -2.11. The van der Waals surface area contributed by atoms with E-state index in [1.165, 1.54) is 12.8 Å². The first-order valence-corrected chi connectivity index (χ1v) is 8.47. The summed E-state index contributed by atoms with van der Waals surface area (Å²) >= 11 is 0. The van der Waals surface area contributed by atoms with Gasteiger partial charge in [-0.25, -0.2) is 0 Å². The van der Waals surface area contributed by atoms with Gasteiger partial charge in [0.05, 0.1) is 0 Å². The van der Waals surface area contributed by atoms with Gasteiger partial charge in [-0.1, -0.05) is 37.1 Å². The molecule has 0 radical (unpaired) electrons. The van der Waals surface area contributed by atoms with Crippen molar-refractivity contribution in [1.82, 2.24) is 0 Å². The van der Waals surface area contributed by atoms with Gasteiger partial charge in [0, 0.05) is 23.4 Å². The normalized spacial score (nSPS) is 14.3. The zero-order valence-corrected chi connectivity index (χ0v) is 13.6. The van der Waals surface area contributed by atoms with E-state index in [4.69, 9.17) is 0 Å². The molecule has 124 valence electrons. The van der Waals surface area contributed by atoms with Gasteiger partial charge in [0.15, 0.2) is 0 Å². The average molecular weight is 322 g/mol. The molecule has 1 fully saturated rings. The van der Waals surface area contributed by atoms with Crippen LogP contribution < -0.4 is 10.6 Å². The third-order valence-electron chi connectivity index (χ3n) is 4.39. The molecule has 0 spiro atoms. The molecule has 2 amide bonds. The molecule has 0 bridgehead atoms. The lowest BCUT2D eigenvalue weighted by Crippen LogP contribution is -2.16. The Morgan fingerprint density at radius 3 is 2.25 bits per heavy atom. The van der Waals surface area contributed by atoms with Gasteiger partial charge < -0.3 is 10.6 Å². The highest BCUT2D eigenvalue weighted by Gasteiger charge is 2.18. The molecule has 1 aliphatic rings. The molecule has 2 N–H and O–H groups in total. The zero-order chi connectivity index (χ0) is 16.8. The Labute approximate surface area is 142 Å². The van der Waals surface area contributed by atoms with Crippen LogP contribution in [-0.4, -0.2) is 11.8 Å². The first kappa shape index (κ1) is 16.2. The van der Waals surface area contributed by atoms with Crippen LogP contribution in [0, 0.1) is 5.92 Å². The molecule has 1 saturated carbocycles. The van der Waals surface area contributed by atoms with E-state index in [1.54, 1.807) is 18.2 Å². The number of rotatable bonds is 5. The van der Waals surface area contributed by atoms with E-state index in [9.17, 15) is 9.59 Å². The summed E-state index contributed by atoms with van der Waals surface area (Å²) in [5, 5.41) is 5.79. The topological polar surface area (TPSA) is 58.2 Å². The molecule has 0 saturated heterocycles. The molecular weight excluding hydrogens is 300 g/mol. The van der Waals surface area contributed by atoms with Crippen LogP contribution in [0.4, 0.5) is 11.4 Å². The van der Waals surface area contributed by atoms with Crippen molar-refractivity contribution in [3.8, 4) is 0 Å². The number of anilines is 2. The van der Waals surface area contributed by atoms with E-state index in [-0.39, 0.29) is 11.8 Å². The molecule has 0 atom stereocenters. The van der Waals surface area contributed by atoms with E-state index in [0.29, 0.717) is 29.3 Å². The lowest BCUT2D eigenvalue weighted by atomic mass is 10.0. The Morgan fingerprint density at radius 2 is 1.54 bits per heavy atom. The Hall–Kier alpha value is -2.62. The Kier molecular flexibility index (Phi) is 5.26. The van der Waals surface area contributed by atoms with Crippen LogP contribution in [0.1, 0.15) is 42.5 Å². The van der Waals surface area contributed by atoms with Gasteiger partial charge in [-0.15, -0.1) is 0 Å². The lowest BCUT2D eigenvalue weighted by molar-refractivity contribution is -0.117. The highest BCUT2D eigenvalue weighted by molar-refractivity contribution is 6.04. The number of carbonyl (C=O) groups is 2. The van der Waals surface area contributed by atoms with Gasteiger partial charge in [0.25, 0.3) is 5.91 Å². The van der Waals surface area contributed by atoms with Gasteiger partial charge in [-0.3, -0.25) is 9.59 Å². The molecule has 4 nitrogen and oxygen atoms in total. The first-order valence-electron chi connectivity index (χ1n) is 8.47.